The number of nitrogens with zero attached hydrogens (tertiary/aromatic N) is 3. The van der Waals surface area contributed by atoms with Crippen LogP contribution in [0.5, 0.6) is 0 Å². The maximum absolute atomic E-state index is 6.50. The lowest BCUT2D eigenvalue weighted by molar-refractivity contribution is 0.959. The largest absolute Gasteiger partial charge is 0.361 e. The summed E-state index contributed by atoms with van der Waals surface area (Å²) < 4.78 is 0. The second-order valence-corrected chi connectivity index (χ2v) is 7.29. The van der Waals surface area contributed by atoms with Crippen LogP contribution in [0.3, 0.4) is 0 Å². The third kappa shape index (κ3) is 3.40. The number of H-pyrrole nitrogens is 1. The summed E-state index contributed by atoms with van der Waals surface area (Å²) in [6.45, 7) is 1.36. The molecule has 7 heteroatoms. The van der Waals surface area contributed by atoms with E-state index in [0.717, 1.165) is 45.6 Å². The number of nitrogens with one attached hydrogen (secondary N) is 3. The van der Waals surface area contributed by atoms with Crippen LogP contribution in [0.25, 0.3) is 10.9 Å². The van der Waals surface area contributed by atoms with Crippen LogP contribution in [0, 0.1) is 5.92 Å². The Morgan fingerprint density at radius 1 is 1.19 bits per heavy atom. The van der Waals surface area contributed by atoms with E-state index in [1.165, 1.54) is 18.4 Å². The molecule has 1 aliphatic carbocycles. The number of benzene rings is 1. The van der Waals surface area contributed by atoms with E-state index in [1.54, 1.807) is 6.20 Å². The van der Waals surface area contributed by atoms with E-state index in [4.69, 9.17) is 11.6 Å². The van der Waals surface area contributed by atoms with Crippen molar-refractivity contribution in [1.82, 2.24) is 15.0 Å². The van der Waals surface area contributed by atoms with Gasteiger partial charge in [0, 0.05) is 29.8 Å². The quantitative estimate of drug-likeness (QED) is 0.615. The second-order valence-electron chi connectivity index (χ2n) is 6.92. The average molecular weight is 379 g/mol. The minimum Gasteiger partial charge on any atom is -0.361 e. The van der Waals surface area contributed by atoms with Crippen molar-refractivity contribution in [3.8, 4) is 0 Å². The van der Waals surface area contributed by atoms with E-state index in [-0.39, 0.29) is 0 Å². The molecule has 3 heterocycles. The van der Waals surface area contributed by atoms with Crippen molar-refractivity contribution in [1.29, 1.82) is 0 Å². The molecule has 0 spiro atoms. The van der Waals surface area contributed by atoms with Crippen molar-refractivity contribution in [2.75, 3.05) is 17.2 Å². The Bertz CT molecular complexity index is 1060. The lowest BCUT2D eigenvalue weighted by Crippen LogP contribution is -2.11. The molecular weight excluding hydrogens is 360 g/mol. The normalized spacial score (nSPS) is 16.3. The van der Waals surface area contributed by atoms with Gasteiger partial charge in [-0.3, -0.25) is 4.99 Å². The van der Waals surface area contributed by atoms with Gasteiger partial charge in [-0.2, -0.15) is 4.98 Å². The van der Waals surface area contributed by atoms with Gasteiger partial charge in [-0.15, -0.1) is 0 Å². The van der Waals surface area contributed by atoms with E-state index in [2.05, 4.69) is 36.7 Å². The molecule has 3 aromatic rings. The van der Waals surface area contributed by atoms with Gasteiger partial charge in [0.1, 0.15) is 11.7 Å². The van der Waals surface area contributed by atoms with Crippen molar-refractivity contribution in [3.05, 3.63) is 58.9 Å². The van der Waals surface area contributed by atoms with Crippen LogP contribution in [-0.4, -0.2) is 27.3 Å². The Hall–Kier alpha value is -2.86. The van der Waals surface area contributed by atoms with E-state index in [1.807, 2.05) is 30.5 Å². The Morgan fingerprint density at radius 2 is 2.11 bits per heavy atom. The number of hydrogen-bond acceptors (Lipinski definition) is 5. The number of hydrogen-bond donors (Lipinski definition) is 3. The summed E-state index contributed by atoms with van der Waals surface area (Å²) in [7, 11) is 0. The standard InChI is InChI=1S/C20H19ClN6/c21-19-13(3-4-16-15(19)5-7-22-16)10-25-20-23-8-6-17(27-20)26-18-9-14(11-24-18)12-1-2-12/h3-9,12,22H,1-2,10-11H2,(H2,23,24,25,26,27). The summed E-state index contributed by atoms with van der Waals surface area (Å²) >= 11 is 6.50. The molecule has 5 rings (SSSR count). The summed E-state index contributed by atoms with van der Waals surface area (Å²) in [6.07, 6.45) is 8.37. The maximum Gasteiger partial charge on any atom is 0.224 e. The summed E-state index contributed by atoms with van der Waals surface area (Å²) in [6, 6.07) is 7.86. The van der Waals surface area contributed by atoms with Gasteiger partial charge >= 0.3 is 0 Å². The highest BCUT2D eigenvalue weighted by molar-refractivity contribution is 6.36. The van der Waals surface area contributed by atoms with Crippen LogP contribution < -0.4 is 10.6 Å². The molecule has 0 amide bonds. The van der Waals surface area contributed by atoms with Gasteiger partial charge < -0.3 is 15.6 Å². The highest BCUT2D eigenvalue weighted by atomic mass is 35.5. The number of rotatable bonds is 5. The topological polar surface area (TPSA) is 78.0 Å². The lowest BCUT2D eigenvalue weighted by Gasteiger charge is -2.09. The number of aromatic nitrogens is 3. The van der Waals surface area contributed by atoms with Crippen LogP contribution >= 0.6 is 11.6 Å². The first kappa shape index (κ1) is 16.3. The van der Waals surface area contributed by atoms with Crippen LogP contribution in [-0.2, 0) is 6.54 Å². The molecule has 1 fully saturated rings. The summed E-state index contributed by atoms with van der Waals surface area (Å²) in [5.41, 5.74) is 3.46. The molecule has 136 valence electrons. The Morgan fingerprint density at radius 3 is 3.00 bits per heavy atom. The fourth-order valence-electron chi connectivity index (χ4n) is 3.32. The number of aliphatic imine (C=N–C) groups is 1. The average Bonchev–Trinajstić information content (AvgIpc) is 3.23. The first-order valence-electron chi connectivity index (χ1n) is 9.09. The molecule has 0 saturated heterocycles. The fraction of sp³-hybridized carbons (Fsp3) is 0.250. The lowest BCUT2D eigenvalue weighted by atomic mass is 10.1. The molecule has 2 aliphatic rings. The van der Waals surface area contributed by atoms with Crippen LogP contribution in [0.4, 0.5) is 11.8 Å². The van der Waals surface area contributed by atoms with E-state index >= 15 is 0 Å². The SMILES string of the molecule is Clc1c(CNc2nccc(NC3=NCC(C4CC4)=C3)n2)ccc2[nH]ccc12. The summed E-state index contributed by atoms with van der Waals surface area (Å²) in [4.78, 5) is 16.5. The highest BCUT2D eigenvalue weighted by Crippen LogP contribution is 2.37. The van der Waals surface area contributed by atoms with Crippen molar-refractivity contribution >= 4 is 40.1 Å². The number of halogens is 1. The van der Waals surface area contributed by atoms with Crippen molar-refractivity contribution < 1.29 is 0 Å². The van der Waals surface area contributed by atoms with Crippen LogP contribution in [0.15, 0.2) is 53.3 Å². The predicted octanol–water partition coefficient (Wildman–Crippen LogP) is 4.38. The first-order chi connectivity index (χ1) is 13.3. The Kier molecular flexibility index (Phi) is 4.05. The molecule has 6 nitrogen and oxygen atoms in total. The zero-order valence-corrected chi connectivity index (χ0v) is 15.4. The second kappa shape index (κ2) is 6.70. The van der Waals surface area contributed by atoms with Gasteiger partial charge in [-0.1, -0.05) is 17.7 Å². The zero-order chi connectivity index (χ0) is 18.2. The van der Waals surface area contributed by atoms with E-state index in [0.29, 0.717) is 12.5 Å². The molecular formula is C20H19ClN6. The molecule has 3 N–H and O–H groups in total. The minimum absolute atomic E-state index is 0.551. The van der Waals surface area contributed by atoms with Gasteiger partial charge in [0.2, 0.25) is 5.95 Å². The van der Waals surface area contributed by atoms with Crippen LogP contribution in [0.2, 0.25) is 5.02 Å². The van der Waals surface area contributed by atoms with Crippen LogP contribution in [0.1, 0.15) is 18.4 Å². The Balaban J connectivity index is 1.27. The predicted molar refractivity (Wildman–Crippen MR) is 109 cm³/mol. The number of anilines is 2. The maximum atomic E-state index is 6.50. The fourth-order valence-corrected chi connectivity index (χ4v) is 3.61. The molecule has 0 atom stereocenters. The number of fused-ring (bicyclic) bond motifs is 1. The molecule has 0 unspecified atom stereocenters. The highest BCUT2D eigenvalue weighted by Gasteiger charge is 2.27. The molecule has 2 aromatic heterocycles. The van der Waals surface area contributed by atoms with E-state index < -0.39 is 0 Å². The van der Waals surface area contributed by atoms with Crippen molar-refractivity contribution in [3.63, 3.8) is 0 Å². The monoisotopic (exact) mass is 378 g/mol. The molecule has 27 heavy (non-hydrogen) atoms. The first-order valence-corrected chi connectivity index (χ1v) is 9.47. The number of amidine groups is 1. The number of aromatic amines is 1. The molecule has 1 aromatic carbocycles. The van der Waals surface area contributed by atoms with Gasteiger partial charge in [0.25, 0.3) is 0 Å². The third-order valence-corrected chi connectivity index (χ3v) is 5.40. The zero-order valence-electron chi connectivity index (χ0n) is 14.7. The molecule has 1 saturated carbocycles. The minimum atomic E-state index is 0.551. The van der Waals surface area contributed by atoms with E-state index in [9.17, 15) is 0 Å². The molecule has 1 aliphatic heterocycles. The third-order valence-electron chi connectivity index (χ3n) is 4.95. The summed E-state index contributed by atoms with van der Waals surface area (Å²) in [5, 5.41) is 8.29. The summed E-state index contributed by atoms with van der Waals surface area (Å²) in [5.74, 6) is 2.90. The van der Waals surface area contributed by atoms with Crippen molar-refractivity contribution in [2.45, 2.75) is 19.4 Å². The van der Waals surface area contributed by atoms with Gasteiger partial charge in [0.05, 0.1) is 11.6 Å². The van der Waals surface area contributed by atoms with Crippen molar-refractivity contribution in [2.24, 2.45) is 10.9 Å². The molecule has 0 bridgehead atoms. The van der Waals surface area contributed by atoms with Gasteiger partial charge in [-0.25, -0.2) is 4.98 Å². The Labute approximate surface area is 161 Å². The van der Waals surface area contributed by atoms with Gasteiger partial charge in [0.15, 0.2) is 0 Å². The smallest absolute Gasteiger partial charge is 0.224 e. The molecule has 0 radical (unpaired) electrons. The van der Waals surface area contributed by atoms with Gasteiger partial charge in [-0.05, 0) is 54.2 Å².